The number of carbonyl (C=O) groups excluding carboxylic acids is 5. The van der Waals surface area contributed by atoms with Gasteiger partial charge in [-0.25, -0.2) is 0 Å². The summed E-state index contributed by atoms with van der Waals surface area (Å²) in [5.74, 6) is -3.71. The number of rotatable bonds is 6. The second-order valence-electron chi connectivity index (χ2n) is 5.68. The quantitative estimate of drug-likeness (QED) is 0.433. The van der Waals surface area contributed by atoms with E-state index in [0.717, 1.165) is 34.6 Å². The molecule has 1 saturated heterocycles. The molecule has 1 aliphatic heterocycles. The van der Waals surface area contributed by atoms with Crippen LogP contribution in [-0.4, -0.2) is 67.2 Å². The third-order valence-electron chi connectivity index (χ3n) is 3.23. The molecule has 11 heteroatoms. The van der Waals surface area contributed by atoms with Crippen LogP contribution in [0.3, 0.4) is 0 Å². The second kappa shape index (κ2) is 9.86. The fraction of sp³-hybridized carbons (Fsp3) is 0.688. The van der Waals surface area contributed by atoms with Crippen LogP contribution in [0.25, 0.3) is 0 Å². The average molecular weight is 390 g/mol. The fourth-order valence-corrected chi connectivity index (χ4v) is 2.45. The van der Waals surface area contributed by atoms with Crippen LogP contribution in [0.4, 0.5) is 0 Å². The summed E-state index contributed by atoms with van der Waals surface area (Å²) in [5.41, 5.74) is 0. The molecule has 1 rings (SSSR count). The van der Waals surface area contributed by atoms with Gasteiger partial charge >= 0.3 is 29.8 Å². The molecule has 0 aromatic carbocycles. The van der Waals surface area contributed by atoms with Crippen LogP contribution in [0.2, 0.25) is 0 Å². The lowest BCUT2D eigenvalue weighted by Crippen LogP contribution is -2.63. The van der Waals surface area contributed by atoms with Crippen molar-refractivity contribution in [1.29, 1.82) is 0 Å². The Morgan fingerprint density at radius 2 is 1.07 bits per heavy atom. The fourth-order valence-electron chi connectivity index (χ4n) is 2.45. The van der Waals surface area contributed by atoms with E-state index in [2.05, 4.69) is 0 Å². The first kappa shape index (κ1) is 22.4. The molecule has 2 unspecified atom stereocenters. The summed E-state index contributed by atoms with van der Waals surface area (Å²) in [5, 5.41) is 0. The van der Waals surface area contributed by atoms with Gasteiger partial charge in [0.25, 0.3) is 0 Å². The second-order valence-corrected chi connectivity index (χ2v) is 5.68. The van der Waals surface area contributed by atoms with E-state index in [4.69, 9.17) is 28.4 Å². The van der Waals surface area contributed by atoms with Crippen molar-refractivity contribution in [2.45, 2.75) is 65.3 Å². The molecule has 1 heterocycles. The predicted octanol–water partition coefficient (Wildman–Crippen LogP) is -0.367. The van der Waals surface area contributed by atoms with Gasteiger partial charge in [-0.1, -0.05) is 0 Å². The van der Waals surface area contributed by atoms with Crippen LogP contribution in [0.5, 0.6) is 0 Å². The van der Waals surface area contributed by atoms with Crippen molar-refractivity contribution in [1.82, 2.24) is 0 Å². The maximum Gasteiger partial charge on any atom is 0.305 e. The summed E-state index contributed by atoms with van der Waals surface area (Å²) in [6.45, 7) is 5.13. The molecule has 0 radical (unpaired) electrons. The molecule has 0 spiro atoms. The predicted molar refractivity (Wildman–Crippen MR) is 83.7 cm³/mol. The van der Waals surface area contributed by atoms with E-state index in [1.54, 1.807) is 0 Å². The van der Waals surface area contributed by atoms with Crippen LogP contribution in [0.1, 0.15) is 34.6 Å². The molecule has 0 aromatic heterocycles. The van der Waals surface area contributed by atoms with Gasteiger partial charge in [-0.2, -0.15) is 0 Å². The minimum atomic E-state index is -1.48. The molecule has 1 aliphatic rings. The molecule has 0 amide bonds. The Balaban J connectivity index is 3.29. The van der Waals surface area contributed by atoms with Gasteiger partial charge < -0.3 is 28.4 Å². The van der Waals surface area contributed by atoms with Gasteiger partial charge in [-0.3, -0.25) is 24.0 Å². The van der Waals surface area contributed by atoms with Gasteiger partial charge in [0, 0.05) is 34.6 Å². The van der Waals surface area contributed by atoms with Gasteiger partial charge in [0.15, 0.2) is 12.2 Å². The first-order valence-corrected chi connectivity index (χ1v) is 7.99. The maximum atomic E-state index is 11.5. The van der Waals surface area contributed by atoms with E-state index in [-0.39, 0.29) is 0 Å². The van der Waals surface area contributed by atoms with Crippen LogP contribution in [0, 0.1) is 0 Å². The molecule has 5 atom stereocenters. The first-order valence-electron chi connectivity index (χ1n) is 7.99. The lowest BCUT2D eigenvalue weighted by molar-refractivity contribution is -0.300. The van der Waals surface area contributed by atoms with Crippen molar-refractivity contribution in [3.05, 3.63) is 0 Å². The van der Waals surface area contributed by atoms with E-state index in [1.807, 2.05) is 0 Å². The molecular formula is C16H22O11. The lowest BCUT2D eigenvalue weighted by atomic mass is 9.98. The van der Waals surface area contributed by atoms with Crippen LogP contribution in [-0.2, 0) is 52.4 Å². The van der Waals surface area contributed by atoms with Crippen LogP contribution >= 0.6 is 0 Å². The zero-order valence-corrected chi connectivity index (χ0v) is 15.6. The largest absolute Gasteiger partial charge is 0.463 e. The average Bonchev–Trinajstić information content (AvgIpc) is 2.49. The summed E-state index contributed by atoms with van der Waals surface area (Å²) in [6, 6.07) is 0. The van der Waals surface area contributed by atoms with Gasteiger partial charge in [0.1, 0.15) is 12.7 Å². The standard InChI is InChI=1S/C16H22O11/c1-7(17)22-6-12-13(23-8(2)18)14(24-9(3)19)15(25-10(4)20)16(27-12)26-11(5)21/h12-16H,6H2,1-5H3/t12-,13-,14?,15-,16?/m1/s1. The zero-order valence-electron chi connectivity index (χ0n) is 15.6. The molecule has 152 valence electrons. The van der Waals surface area contributed by atoms with E-state index < -0.39 is 67.2 Å². The number of hydrogen-bond acceptors (Lipinski definition) is 11. The Bertz CT molecular complexity index is 599. The van der Waals surface area contributed by atoms with Crippen LogP contribution < -0.4 is 0 Å². The Labute approximate surface area is 155 Å². The van der Waals surface area contributed by atoms with E-state index in [1.165, 1.54) is 0 Å². The normalized spacial score (nSPS) is 27.1. The summed E-state index contributed by atoms with van der Waals surface area (Å²) in [4.78, 5) is 57.0. The third kappa shape index (κ3) is 7.21. The molecule has 1 fully saturated rings. The van der Waals surface area contributed by atoms with Gasteiger partial charge in [-0.05, 0) is 0 Å². The summed E-state index contributed by atoms with van der Waals surface area (Å²) in [7, 11) is 0. The topological polar surface area (TPSA) is 141 Å². The highest BCUT2D eigenvalue weighted by Crippen LogP contribution is 2.29. The Hall–Kier alpha value is -2.69. The van der Waals surface area contributed by atoms with Crippen molar-refractivity contribution in [3.63, 3.8) is 0 Å². The minimum Gasteiger partial charge on any atom is -0.463 e. The Kier molecular flexibility index (Phi) is 8.16. The molecule has 0 aromatic rings. The van der Waals surface area contributed by atoms with E-state index in [9.17, 15) is 24.0 Å². The van der Waals surface area contributed by atoms with Crippen molar-refractivity contribution < 1.29 is 52.4 Å². The van der Waals surface area contributed by atoms with E-state index >= 15 is 0 Å². The summed E-state index contributed by atoms with van der Waals surface area (Å²) < 4.78 is 30.8. The highest BCUT2D eigenvalue weighted by molar-refractivity contribution is 5.69. The monoisotopic (exact) mass is 390 g/mol. The third-order valence-corrected chi connectivity index (χ3v) is 3.23. The summed E-state index contributed by atoms with van der Waals surface area (Å²) >= 11 is 0. The van der Waals surface area contributed by atoms with Gasteiger partial charge in [-0.15, -0.1) is 0 Å². The molecule has 0 N–H and O–H groups in total. The molecule has 0 aliphatic carbocycles. The Morgan fingerprint density at radius 3 is 1.52 bits per heavy atom. The number of carbonyl (C=O) groups is 5. The number of esters is 5. The highest BCUT2D eigenvalue weighted by Gasteiger charge is 2.53. The number of hydrogen-bond donors (Lipinski definition) is 0. The smallest absolute Gasteiger partial charge is 0.305 e. The first-order chi connectivity index (χ1) is 12.5. The van der Waals surface area contributed by atoms with Crippen molar-refractivity contribution in [2.75, 3.05) is 6.61 Å². The van der Waals surface area contributed by atoms with Gasteiger partial charge in [0.2, 0.25) is 12.4 Å². The van der Waals surface area contributed by atoms with Crippen molar-refractivity contribution in [2.24, 2.45) is 0 Å². The lowest BCUT2D eigenvalue weighted by Gasteiger charge is -2.43. The van der Waals surface area contributed by atoms with Crippen LogP contribution in [0.15, 0.2) is 0 Å². The molecule has 11 nitrogen and oxygen atoms in total. The van der Waals surface area contributed by atoms with Crippen molar-refractivity contribution in [3.8, 4) is 0 Å². The molecule has 0 saturated carbocycles. The van der Waals surface area contributed by atoms with Gasteiger partial charge in [0.05, 0.1) is 0 Å². The Morgan fingerprint density at radius 1 is 0.630 bits per heavy atom. The maximum absolute atomic E-state index is 11.5. The SMILES string of the molecule is CC(=O)OC[C@H]1OC(OC(C)=O)[C@H](OC(C)=O)C(OC(C)=O)[C@@H]1OC(C)=O. The van der Waals surface area contributed by atoms with E-state index in [0.29, 0.717) is 0 Å². The highest BCUT2D eigenvalue weighted by atomic mass is 16.7. The zero-order chi connectivity index (χ0) is 20.7. The molecule has 27 heavy (non-hydrogen) atoms. The molecular weight excluding hydrogens is 368 g/mol. The molecule has 0 bridgehead atoms. The number of ether oxygens (including phenoxy) is 6. The summed E-state index contributed by atoms with van der Waals surface area (Å²) in [6.07, 6.45) is -6.70. The minimum absolute atomic E-state index is 0.393. The van der Waals surface area contributed by atoms with Crippen molar-refractivity contribution >= 4 is 29.8 Å².